The third-order valence-electron chi connectivity index (χ3n) is 2.17. The summed E-state index contributed by atoms with van der Waals surface area (Å²) >= 11 is 3.00. The first-order valence-electron chi connectivity index (χ1n) is 4.89. The average Bonchev–Trinajstić information content (AvgIpc) is 2.84. The van der Waals surface area contributed by atoms with Crippen LogP contribution in [0.3, 0.4) is 0 Å². The van der Waals surface area contributed by atoms with Gasteiger partial charge in [-0.3, -0.25) is 0 Å². The molecule has 0 spiro atoms. The summed E-state index contributed by atoms with van der Waals surface area (Å²) in [5, 5.41) is 3.43. The summed E-state index contributed by atoms with van der Waals surface area (Å²) in [6.45, 7) is -0.214. The largest absolute Gasteiger partial charge is 0.398 e. The molecule has 7 nitrogen and oxygen atoms in total. The van der Waals surface area contributed by atoms with Crippen molar-refractivity contribution in [1.29, 1.82) is 0 Å². The molecule has 0 unspecified atom stereocenters. The molecule has 1 heterocycles. The van der Waals surface area contributed by atoms with Crippen molar-refractivity contribution < 1.29 is 17.3 Å². The first-order valence-corrected chi connectivity index (χ1v) is 7.17. The van der Waals surface area contributed by atoms with Gasteiger partial charge in [0.05, 0.1) is 6.54 Å². The minimum Gasteiger partial charge on any atom is -0.398 e. The van der Waals surface area contributed by atoms with Gasteiger partial charge in [-0.25, -0.2) is 17.5 Å². The zero-order valence-corrected chi connectivity index (χ0v) is 11.7. The van der Waals surface area contributed by atoms with E-state index in [0.717, 1.165) is 18.5 Å². The van der Waals surface area contributed by atoms with Crippen LogP contribution in [0.4, 0.5) is 10.1 Å². The monoisotopic (exact) mass is 350 g/mol. The molecule has 0 radical (unpaired) electrons. The van der Waals surface area contributed by atoms with Gasteiger partial charge in [-0.1, -0.05) is 5.16 Å². The number of sulfonamides is 1. The van der Waals surface area contributed by atoms with Crippen LogP contribution < -0.4 is 10.5 Å². The third kappa shape index (κ3) is 3.08. The molecule has 2 rings (SSSR count). The maximum atomic E-state index is 13.6. The third-order valence-corrected chi connectivity index (χ3v) is 4.27. The zero-order valence-electron chi connectivity index (χ0n) is 9.30. The Morgan fingerprint density at radius 3 is 2.84 bits per heavy atom. The molecule has 0 bridgehead atoms. The van der Waals surface area contributed by atoms with Gasteiger partial charge >= 0.3 is 0 Å². The highest BCUT2D eigenvalue weighted by Crippen LogP contribution is 2.25. The lowest BCUT2D eigenvalue weighted by Gasteiger charge is -2.08. The summed E-state index contributed by atoms with van der Waals surface area (Å²) in [7, 11) is -4.05. The number of nitrogens with one attached hydrogen (secondary N) is 1. The molecule has 3 N–H and O–H groups in total. The highest BCUT2D eigenvalue weighted by molar-refractivity contribution is 9.10. The summed E-state index contributed by atoms with van der Waals surface area (Å²) in [6, 6.07) is 2.01. The van der Waals surface area contributed by atoms with E-state index in [2.05, 4.69) is 35.3 Å². The Balaban J connectivity index is 2.27. The lowest BCUT2D eigenvalue weighted by atomic mass is 10.3. The van der Waals surface area contributed by atoms with Crippen LogP contribution >= 0.6 is 15.9 Å². The number of hydrogen-bond acceptors (Lipinski definition) is 6. The van der Waals surface area contributed by atoms with Gasteiger partial charge in [0, 0.05) is 10.2 Å². The van der Waals surface area contributed by atoms with E-state index >= 15 is 0 Å². The number of nitrogen functional groups attached to an aromatic ring is 1. The van der Waals surface area contributed by atoms with E-state index < -0.39 is 20.7 Å². The van der Waals surface area contributed by atoms with Gasteiger partial charge in [0.25, 0.3) is 0 Å². The molecule has 2 aromatic rings. The molecular formula is C9H8BrFN4O3S. The van der Waals surface area contributed by atoms with Crippen LogP contribution in [0.5, 0.6) is 0 Å². The fourth-order valence-electron chi connectivity index (χ4n) is 1.26. The van der Waals surface area contributed by atoms with Crippen molar-refractivity contribution in [1.82, 2.24) is 14.9 Å². The number of benzene rings is 1. The summed E-state index contributed by atoms with van der Waals surface area (Å²) in [5.74, 6) is -0.782. The van der Waals surface area contributed by atoms with Crippen LogP contribution in [0.2, 0.25) is 0 Å². The average molecular weight is 351 g/mol. The summed E-state index contributed by atoms with van der Waals surface area (Å²) in [5.41, 5.74) is 5.64. The SMILES string of the molecule is Nc1cc(S(=O)(=O)NCc2ncon2)c(F)cc1Br. The van der Waals surface area contributed by atoms with E-state index in [1.54, 1.807) is 0 Å². The van der Waals surface area contributed by atoms with Crippen molar-refractivity contribution >= 4 is 31.6 Å². The van der Waals surface area contributed by atoms with Gasteiger partial charge in [-0.15, -0.1) is 0 Å². The molecule has 0 saturated carbocycles. The molecule has 0 atom stereocenters. The van der Waals surface area contributed by atoms with E-state index in [4.69, 9.17) is 5.73 Å². The van der Waals surface area contributed by atoms with Gasteiger partial charge in [0.2, 0.25) is 16.4 Å². The number of nitrogens with zero attached hydrogens (tertiary/aromatic N) is 2. The number of anilines is 1. The quantitative estimate of drug-likeness (QED) is 0.796. The standard InChI is InChI=1S/C9H8BrFN4O3S/c10-5-1-6(11)8(2-7(5)12)19(16,17)14-3-9-13-4-18-15-9/h1-2,4,14H,3,12H2. The molecule has 0 aliphatic carbocycles. The maximum absolute atomic E-state index is 13.6. The van der Waals surface area contributed by atoms with Gasteiger partial charge < -0.3 is 10.3 Å². The van der Waals surface area contributed by atoms with Crippen molar-refractivity contribution in [2.24, 2.45) is 0 Å². The molecule has 10 heteroatoms. The number of rotatable bonds is 4. The fraction of sp³-hybridized carbons (Fsp3) is 0.111. The second kappa shape index (κ2) is 5.23. The molecule has 0 saturated heterocycles. The fourth-order valence-corrected chi connectivity index (χ4v) is 2.65. The Hall–Kier alpha value is -1.52. The van der Waals surface area contributed by atoms with Crippen LogP contribution in [0.25, 0.3) is 0 Å². The van der Waals surface area contributed by atoms with Gasteiger partial charge in [-0.05, 0) is 28.1 Å². The van der Waals surface area contributed by atoms with E-state index in [9.17, 15) is 12.8 Å². The number of aromatic nitrogens is 2. The molecule has 1 aromatic carbocycles. The summed E-state index contributed by atoms with van der Waals surface area (Å²) in [6.07, 6.45) is 1.06. The molecule has 1 aromatic heterocycles. The molecule has 102 valence electrons. The van der Waals surface area contributed by atoms with Crippen LogP contribution in [0.1, 0.15) is 5.82 Å². The van der Waals surface area contributed by atoms with Crippen LogP contribution in [0.15, 0.2) is 32.4 Å². The molecule has 0 aliphatic rings. The molecule has 0 aliphatic heterocycles. The van der Waals surface area contributed by atoms with Crippen LogP contribution in [-0.2, 0) is 16.6 Å². The number of hydrogen-bond donors (Lipinski definition) is 2. The van der Waals surface area contributed by atoms with Crippen LogP contribution in [-0.4, -0.2) is 18.6 Å². The Morgan fingerprint density at radius 2 is 2.21 bits per heavy atom. The topological polar surface area (TPSA) is 111 Å². The Bertz CT molecular complexity index is 690. The lowest BCUT2D eigenvalue weighted by Crippen LogP contribution is -2.25. The summed E-state index contributed by atoms with van der Waals surface area (Å²) < 4.78 is 44.3. The van der Waals surface area contributed by atoms with Gasteiger partial charge in [0.1, 0.15) is 10.7 Å². The highest BCUT2D eigenvalue weighted by atomic mass is 79.9. The van der Waals surface area contributed by atoms with E-state index in [-0.39, 0.29) is 22.5 Å². The predicted molar refractivity (Wildman–Crippen MR) is 66.8 cm³/mol. The van der Waals surface area contributed by atoms with E-state index in [1.165, 1.54) is 0 Å². The molecule has 19 heavy (non-hydrogen) atoms. The van der Waals surface area contributed by atoms with Crippen molar-refractivity contribution in [2.75, 3.05) is 5.73 Å². The van der Waals surface area contributed by atoms with Crippen LogP contribution in [0, 0.1) is 5.82 Å². The minimum absolute atomic E-state index is 0.112. The maximum Gasteiger partial charge on any atom is 0.243 e. The normalized spacial score (nSPS) is 11.7. The first-order chi connectivity index (χ1) is 8.90. The Morgan fingerprint density at radius 1 is 1.47 bits per heavy atom. The Labute approximate surface area is 116 Å². The second-order valence-electron chi connectivity index (χ2n) is 3.48. The number of halogens is 2. The van der Waals surface area contributed by atoms with Gasteiger partial charge in [-0.2, -0.15) is 4.98 Å². The first kappa shape index (κ1) is 13.9. The van der Waals surface area contributed by atoms with Gasteiger partial charge in [0.15, 0.2) is 5.82 Å². The lowest BCUT2D eigenvalue weighted by molar-refractivity contribution is 0.409. The number of nitrogens with two attached hydrogens (primary N) is 1. The van der Waals surface area contributed by atoms with E-state index in [1.807, 2.05) is 0 Å². The highest BCUT2D eigenvalue weighted by Gasteiger charge is 2.21. The van der Waals surface area contributed by atoms with Crippen molar-refractivity contribution in [3.8, 4) is 0 Å². The van der Waals surface area contributed by atoms with Crippen molar-refractivity contribution in [3.63, 3.8) is 0 Å². The van der Waals surface area contributed by atoms with Crippen molar-refractivity contribution in [2.45, 2.75) is 11.4 Å². The molecular weight excluding hydrogens is 343 g/mol. The second-order valence-corrected chi connectivity index (χ2v) is 6.07. The summed E-state index contributed by atoms with van der Waals surface area (Å²) in [4.78, 5) is 3.09. The van der Waals surface area contributed by atoms with E-state index in [0.29, 0.717) is 0 Å². The zero-order chi connectivity index (χ0) is 14.0. The Kier molecular flexibility index (Phi) is 3.83. The predicted octanol–water partition coefficient (Wildman–Crippen LogP) is 1.03. The smallest absolute Gasteiger partial charge is 0.243 e. The minimum atomic E-state index is -4.05. The van der Waals surface area contributed by atoms with Crippen molar-refractivity contribution in [3.05, 3.63) is 34.6 Å². The molecule has 0 fully saturated rings. The molecule has 0 amide bonds.